The number of hydrogen-bond donors (Lipinski definition) is 1. The first kappa shape index (κ1) is 11.6. The van der Waals surface area contributed by atoms with E-state index in [1.54, 1.807) is 0 Å². The lowest BCUT2D eigenvalue weighted by Crippen LogP contribution is -2.21. The highest BCUT2D eigenvalue weighted by molar-refractivity contribution is 9.10. The third kappa shape index (κ3) is 2.29. The van der Waals surface area contributed by atoms with Gasteiger partial charge in [0, 0.05) is 13.1 Å². The van der Waals surface area contributed by atoms with Crippen molar-refractivity contribution in [3.8, 4) is 0 Å². The molecule has 0 aliphatic carbocycles. The molecule has 1 fully saturated rings. The van der Waals surface area contributed by atoms with E-state index in [4.69, 9.17) is 5.73 Å². The van der Waals surface area contributed by atoms with E-state index in [1.165, 1.54) is 25.6 Å². The van der Waals surface area contributed by atoms with Crippen LogP contribution >= 0.6 is 15.9 Å². The summed E-state index contributed by atoms with van der Waals surface area (Å²) in [6.07, 6.45) is 5.34. The average molecular weight is 285 g/mol. The minimum atomic E-state index is 0.518. The van der Waals surface area contributed by atoms with Crippen LogP contribution in [0.2, 0.25) is 0 Å². The first-order chi connectivity index (χ1) is 7.72. The van der Waals surface area contributed by atoms with E-state index < -0.39 is 0 Å². The summed E-state index contributed by atoms with van der Waals surface area (Å²) in [6, 6.07) is 0. The Bertz CT molecular complexity index is 369. The molecule has 1 unspecified atom stereocenters. The summed E-state index contributed by atoms with van der Waals surface area (Å²) in [5.41, 5.74) is 5.76. The van der Waals surface area contributed by atoms with Gasteiger partial charge < -0.3 is 10.6 Å². The summed E-state index contributed by atoms with van der Waals surface area (Å²) < 4.78 is 0.826. The summed E-state index contributed by atoms with van der Waals surface area (Å²) in [5, 5.41) is 0. The molecule has 1 aliphatic rings. The number of nitrogens with two attached hydrogens (primary N) is 1. The Labute approximate surface area is 104 Å². The highest BCUT2D eigenvalue weighted by Gasteiger charge is 2.24. The van der Waals surface area contributed by atoms with Crippen LogP contribution in [0.25, 0.3) is 0 Å². The Morgan fingerprint density at radius 3 is 3.12 bits per heavy atom. The second kappa shape index (κ2) is 4.99. The first-order valence-corrected chi connectivity index (χ1v) is 6.52. The van der Waals surface area contributed by atoms with Crippen molar-refractivity contribution in [1.82, 2.24) is 9.97 Å². The molecule has 0 saturated carbocycles. The summed E-state index contributed by atoms with van der Waals surface area (Å²) in [7, 11) is 0. The number of halogens is 1. The monoisotopic (exact) mass is 284 g/mol. The normalized spacial score (nSPS) is 20.4. The minimum Gasteiger partial charge on any atom is -0.383 e. The molecule has 0 radical (unpaired) electrons. The Balaban J connectivity index is 2.11. The molecular weight excluding hydrogens is 268 g/mol. The Morgan fingerprint density at radius 1 is 1.56 bits per heavy atom. The molecule has 4 nitrogen and oxygen atoms in total. The zero-order valence-corrected chi connectivity index (χ0v) is 11.1. The molecule has 0 bridgehead atoms. The molecule has 2 heterocycles. The molecule has 2 N–H and O–H groups in total. The number of nitrogens with zero attached hydrogens (tertiary/aromatic N) is 3. The molecule has 1 saturated heterocycles. The number of anilines is 2. The maximum atomic E-state index is 5.76. The van der Waals surface area contributed by atoms with E-state index in [9.17, 15) is 0 Å². The molecule has 5 heteroatoms. The van der Waals surface area contributed by atoms with Gasteiger partial charge in [0.15, 0.2) is 0 Å². The lowest BCUT2D eigenvalue weighted by Gasteiger charge is -2.19. The third-order valence-corrected chi connectivity index (χ3v) is 3.84. The fourth-order valence-corrected chi connectivity index (χ4v) is 2.72. The van der Waals surface area contributed by atoms with E-state index in [2.05, 4.69) is 37.7 Å². The molecule has 16 heavy (non-hydrogen) atoms. The second-order valence-corrected chi connectivity index (χ2v) is 5.08. The van der Waals surface area contributed by atoms with Gasteiger partial charge in [-0.1, -0.05) is 13.3 Å². The predicted octanol–water partition coefficient (Wildman–Crippen LogP) is 2.45. The van der Waals surface area contributed by atoms with Gasteiger partial charge in [-0.2, -0.15) is 0 Å². The molecule has 0 spiro atoms. The van der Waals surface area contributed by atoms with Crippen molar-refractivity contribution in [3.63, 3.8) is 0 Å². The zero-order valence-electron chi connectivity index (χ0n) is 9.49. The van der Waals surface area contributed by atoms with Crippen LogP contribution < -0.4 is 10.6 Å². The topological polar surface area (TPSA) is 55.0 Å². The fraction of sp³-hybridized carbons (Fsp3) is 0.636. The lowest BCUT2D eigenvalue weighted by atomic mass is 10.0. The van der Waals surface area contributed by atoms with Gasteiger partial charge in [-0.3, -0.25) is 0 Å². The van der Waals surface area contributed by atoms with Crippen molar-refractivity contribution in [3.05, 3.63) is 10.8 Å². The highest BCUT2D eigenvalue weighted by Crippen LogP contribution is 2.32. The first-order valence-electron chi connectivity index (χ1n) is 5.73. The van der Waals surface area contributed by atoms with E-state index in [0.717, 1.165) is 29.3 Å². The van der Waals surface area contributed by atoms with Gasteiger partial charge >= 0.3 is 0 Å². The van der Waals surface area contributed by atoms with Crippen LogP contribution in [0, 0.1) is 5.92 Å². The molecule has 1 aromatic rings. The van der Waals surface area contributed by atoms with E-state index in [1.807, 2.05) is 0 Å². The van der Waals surface area contributed by atoms with Gasteiger partial charge in [-0.15, -0.1) is 0 Å². The molecule has 2 rings (SSSR count). The van der Waals surface area contributed by atoms with Crippen LogP contribution in [-0.2, 0) is 0 Å². The van der Waals surface area contributed by atoms with Crippen LogP contribution in [0.1, 0.15) is 26.2 Å². The van der Waals surface area contributed by atoms with Crippen molar-refractivity contribution in [2.24, 2.45) is 5.92 Å². The third-order valence-electron chi connectivity index (χ3n) is 3.08. The molecule has 0 aromatic carbocycles. The largest absolute Gasteiger partial charge is 0.383 e. The second-order valence-electron chi connectivity index (χ2n) is 4.29. The van der Waals surface area contributed by atoms with Crippen molar-refractivity contribution >= 4 is 27.6 Å². The molecule has 0 amide bonds. The van der Waals surface area contributed by atoms with Crippen molar-refractivity contribution in [2.75, 3.05) is 23.7 Å². The number of aromatic nitrogens is 2. The van der Waals surface area contributed by atoms with Gasteiger partial charge in [-0.05, 0) is 34.7 Å². The van der Waals surface area contributed by atoms with Crippen LogP contribution in [0.3, 0.4) is 0 Å². The summed E-state index contributed by atoms with van der Waals surface area (Å²) in [6.45, 7) is 4.39. The van der Waals surface area contributed by atoms with Crippen molar-refractivity contribution in [2.45, 2.75) is 26.2 Å². The minimum absolute atomic E-state index is 0.518. The predicted molar refractivity (Wildman–Crippen MR) is 69.4 cm³/mol. The van der Waals surface area contributed by atoms with Gasteiger partial charge in [-0.25, -0.2) is 9.97 Å². The zero-order chi connectivity index (χ0) is 11.5. The van der Waals surface area contributed by atoms with Crippen molar-refractivity contribution < 1.29 is 0 Å². The maximum Gasteiger partial charge on any atom is 0.148 e. The van der Waals surface area contributed by atoms with Crippen LogP contribution in [0.5, 0.6) is 0 Å². The molecule has 1 atom stereocenters. The van der Waals surface area contributed by atoms with E-state index >= 15 is 0 Å². The Hall–Kier alpha value is -0.840. The quantitative estimate of drug-likeness (QED) is 0.926. The smallest absolute Gasteiger partial charge is 0.148 e. The summed E-state index contributed by atoms with van der Waals surface area (Å²) in [5.74, 6) is 2.25. The SMILES string of the molecule is CCCC1CCN(c2ncnc(N)c2Br)C1. The van der Waals surface area contributed by atoms with Gasteiger partial charge in [0.2, 0.25) is 0 Å². The van der Waals surface area contributed by atoms with Gasteiger partial charge in [0.1, 0.15) is 22.4 Å². The molecule has 88 valence electrons. The highest BCUT2D eigenvalue weighted by atomic mass is 79.9. The van der Waals surface area contributed by atoms with Gasteiger partial charge in [0.25, 0.3) is 0 Å². The lowest BCUT2D eigenvalue weighted by molar-refractivity contribution is 0.529. The van der Waals surface area contributed by atoms with Crippen LogP contribution in [0.15, 0.2) is 10.8 Å². The van der Waals surface area contributed by atoms with E-state index in [0.29, 0.717) is 5.82 Å². The standard InChI is InChI=1S/C11H17BrN4/c1-2-3-8-4-5-16(6-8)11-9(12)10(13)14-7-15-11/h7-8H,2-6H2,1H3,(H2,13,14,15). The fourth-order valence-electron chi connectivity index (χ4n) is 2.26. The number of rotatable bonds is 3. The molecular formula is C11H17BrN4. The summed E-state index contributed by atoms with van der Waals surface area (Å²) >= 11 is 3.46. The summed E-state index contributed by atoms with van der Waals surface area (Å²) in [4.78, 5) is 10.6. The van der Waals surface area contributed by atoms with Crippen molar-refractivity contribution in [1.29, 1.82) is 0 Å². The Kier molecular flexibility index (Phi) is 3.63. The average Bonchev–Trinajstić information content (AvgIpc) is 2.71. The van der Waals surface area contributed by atoms with Crippen LogP contribution in [-0.4, -0.2) is 23.1 Å². The van der Waals surface area contributed by atoms with Crippen LogP contribution in [0.4, 0.5) is 11.6 Å². The number of hydrogen-bond acceptors (Lipinski definition) is 4. The molecule has 1 aliphatic heterocycles. The Morgan fingerprint density at radius 2 is 2.38 bits per heavy atom. The van der Waals surface area contributed by atoms with Gasteiger partial charge in [0.05, 0.1) is 0 Å². The molecule has 1 aromatic heterocycles. The van der Waals surface area contributed by atoms with E-state index in [-0.39, 0.29) is 0 Å². The number of nitrogen functional groups attached to an aromatic ring is 1. The maximum absolute atomic E-state index is 5.76.